The number of methoxy groups -OCH3 is 1. The van der Waals surface area contributed by atoms with Gasteiger partial charge in [-0.05, 0) is 138 Å². The number of amides is 1. The molecule has 0 bridgehead atoms. The van der Waals surface area contributed by atoms with Gasteiger partial charge in [0, 0.05) is 19.6 Å². The molecule has 0 radical (unpaired) electrons. The quantitative estimate of drug-likeness (QED) is 0.320. The van der Waals surface area contributed by atoms with Crippen LogP contribution in [0.15, 0.2) is 30.3 Å². The maximum Gasteiger partial charge on any atom is 0.337 e. The smallest absolute Gasteiger partial charge is 0.337 e. The Morgan fingerprint density at radius 1 is 0.891 bits per heavy atom. The summed E-state index contributed by atoms with van der Waals surface area (Å²) < 4.78 is 4.96. The molecule has 1 aromatic carbocycles. The zero-order chi connectivity index (χ0) is 33.4. The molecule has 5 heteroatoms. The maximum absolute atomic E-state index is 12.8. The Morgan fingerprint density at radius 2 is 1.59 bits per heavy atom. The van der Waals surface area contributed by atoms with Crippen molar-refractivity contribution < 1.29 is 14.3 Å². The van der Waals surface area contributed by atoms with Crippen LogP contribution in [0.25, 0.3) is 5.57 Å². The van der Waals surface area contributed by atoms with E-state index in [4.69, 9.17) is 4.74 Å². The standard InChI is InChI=1S/C41H62N2O3/c1-26(2)29-17-22-41(42-25-34(44)43(8)9)24-23-39(6)31(35(29)41)15-16-33-38(5)20-18-30(27-11-13-28(14-12-27)36(45)46-10)37(3,4)32(38)19-21-40(33,39)7/h11-14,18,26,29,31-33,35,42H,15-17,19-25H2,1-10H3/t29-,31+,32-,33+,35+,38-,39+,40+,41-/m0/s1. The number of rotatable bonds is 6. The molecule has 6 rings (SSSR count). The number of nitrogens with one attached hydrogen (secondary N) is 1. The summed E-state index contributed by atoms with van der Waals surface area (Å²) >= 11 is 0. The lowest BCUT2D eigenvalue weighted by atomic mass is 9.33. The van der Waals surface area contributed by atoms with Crippen LogP contribution in [-0.4, -0.2) is 50.1 Å². The fourth-order valence-corrected chi connectivity index (χ4v) is 13.1. The van der Waals surface area contributed by atoms with Crippen molar-refractivity contribution in [1.82, 2.24) is 10.2 Å². The molecule has 0 saturated heterocycles. The number of fused-ring (bicyclic) bond motifs is 7. The highest BCUT2D eigenvalue weighted by Crippen LogP contribution is 2.76. The second-order valence-corrected chi connectivity index (χ2v) is 18.1. The van der Waals surface area contributed by atoms with Gasteiger partial charge in [0.05, 0.1) is 19.2 Å². The first-order chi connectivity index (χ1) is 21.6. The van der Waals surface area contributed by atoms with Crippen molar-refractivity contribution in [2.45, 2.75) is 112 Å². The van der Waals surface area contributed by atoms with Crippen LogP contribution in [0.5, 0.6) is 0 Å². The van der Waals surface area contributed by atoms with E-state index < -0.39 is 0 Å². The van der Waals surface area contributed by atoms with Gasteiger partial charge < -0.3 is 15.0 Å². The molecule has 1 amide bonds. The highest BCUT2D eigenvalue weighted by Gasteiger charge is 2.70. The number of likely N-dealkylation sites (N-methyl/N-ethyl adjacent to an activating group) is 1. The van der Waals surface area contributed by atoms with Crippen molar-refractivity contribution in [3.63, 3.8) is 0 Å². The minimum absolute atomic E-state index is 0.0532. The van der Waals surface area contributed by atoms with Gasteiger partial charge in [-0.25, -0.2) is 4.79 Å². The number of carbonyl (C=O) groups excluding carboxylic acids is 2. The molecule has 1 N–H and O–H groups in total. The topological polar surface area (TPSA) is 58.6 Å². The van der Waals surface area contributed by atoms with Crippen molar-refractivity contribution in [3.8, 4) is 0 Å². The lowest BCUT2D eigenvalue weighted by Gasteiger charge is -2.72. The Kier molecular flexibility index (Phi) is 8.43. The number of hydrogen-bond donors (Lipinski definition) is 1. The lowest BCUT2D eigenvalue weighted by Crippen LogP contribution is -2.68. The number of esters is 1. The van der Waals surface area contributed by atoms with Gasteiger partial charge in [0.2, 0.25) is 5.91 Å². The van der Waals surface area contributed by atoms with E-state index in [1.54, 1.807) is 4.90 Å². The van der Waals surface area contributed by atoms with Gasteiger partial charge in [-0.3, -0.25) is 4.79 Å². The van der Waals surface area contributed by atoms with E-state index in [2.05, 4.69) is 72.0 Å². The summed E-state index contributed by atoms with van der Waals surface area (Å²) in [6.07, 6.45) is 13.9. The zero-order valence-corrected chi connectivity index (χ0v) is 30.6. The Bertz CT molecular complexity index is 1380. The van der Waals surface area contributed by atoms with Crippen LogP contribution in [0.3, 0.4) is 0 Å². The van der Waals surface area contributed by atoms with Crippen LogP contribution >= 0.6 is 0 Å². The average molecular weight is 631 g/mol. The van der Waals surface area contributed by atoms with Crippen molar-refractivity contribution in [2.75, 3.05) is 27.7 Å². The Morgan fingerprint density at radius 3 is 2.22 bits per heavy atom. The Labute approximate surface area is 279 Å². The fraction of sp³-hybridized carbons (Fsp3) is 0.756. The molecule has 0 aliphatic heterocycles. The summed E-state index contributed by atoms with van der Waals surface area (Å²) in [6.45, 7) is 18.5. The van der Waals surface area contributed by atoms with Crippen LogP contribution in [0.2, 0.25) is 0 Å². The third-order valence-electron chi connectivity index (χ3n) is 15.6. The summed E-state index contributed by atoms with van der Waals surface area (Å²) in [5.74, 6) is 3.99. The summed E-state index contributed by atoms with van der Waals surface area (Å²) in [4.78, 5) is 26.7. The summed E-state index contributed by atoms with van der Waals surface area (Å²) in [6, 6.07) is 8.10. The lowest BCUT2D eigenvalue weighted by molar-refractivity contribution is -0.221. The maximum atomic E-state index is 12.8. The molecule has 0 unspecified atom stereocenters. The van der Waals surface area contributed by atoms with Gasteiger partial charge >= 0.3 is 5.97 Å². The molecule has 5 aliphatic carbocycles. The van der Waals surface area contributed by atoms with Crippen LogP contribution in [0, 0.1) is 57.2 Å². The Hall–Kier alpha value is -2.14. The van der Waals surface area contributed by atoms with Gasteiger partial charge in [-0.2, -0.15) is 0 Å². The zero-order valence-electron chi connectivity index (χ0n) is 30.6. The van der Waals surface area contributed by atoms with E-state index >= 15 is 0 Å². The Balaban J connectivity index is 1.32. The number of allylic oxidation sites excluding steroid dienone is 2. The van der Waals surface area contributed by atoms with Crippen molar-refractivity contribution >= 4 is 17.4 Å². The minimum atomic E-state index is -0.276. The van der Waals surface area contributed by atoms with Crippen LogP contribution < -0.4 is 5.32 Å². The third-order valence-corrected chi connectivity index (χ3v) is 15.6. The highest BCUT2D eigenvalue weighted by atomic mass is 16.5. The molecule has 4 saturated carbocycles. The SMILES string of the molecule is COC(=O)c1ccc(C2=CC[C@]3(C)[C@H]4CC[C@@H]5[C@H]6[C@H](C(C)C)CC[C@]6(NCC(=O)N(C)C)CC[C@@]5(C)[C@]4(C)CC[C@H]3C2(C)C)cc1. The second kappa shape index (κ2) is 11.5. The fourth-order valence-electron chi connectivity index (χ4n) is 13.1. The molecular formula is C41H62N2O3. The first-order valence-corrected chi connectivity index (χ1v) is 18.4. The van der Waals surface area contributed by atoms with Gasteiger partial charge in [0.1, 0.15) is 0 Å². The molecule has 1 aromatic rings. The van der Waals surface area contributed by atoms with Gasteiger partial charge in [-0.1, -0.05) is 66.7 Å². The summed E-state index contributed by atoms with van der Waals surface area (Å²) in [5, 5.41) is 3.97. The molecule has 5 nitrogen and oxygen atoms in total. The molecule has 0 spiro atoms. The molecule has 254 valence electrons. The highest BCUT2D eigenvalue weighted by molar-refractivity contribution is 5.90. The molecule has 46 heavy (non-hydrogen) atoms. The number of hydrogen-bond acceptors (Lipinski definition) is 4. The van der Waals surface area contributed by atoms with Crippen LogP contribution in [0.4, 0.5) is 0 Å². The largest absolute Gasteiger partial charge is 0.465 e. The van der Waals surface area contributed by atoms with E-state index in [1.807, 2.05) is 26.2 Å². The predicted octanol–water partition coefficient (Wildman–Crippen LogP) is 8.63. The predicted molar refractivity (Wildman–Crippen MR) is 187 cm³/mol. The normalized spacial score (nSPS) is 41.0. The monoisotopic (exact) mass is 630 g/mol. The molecule has 0 aromatic heterocycles. The molecule has 5 aliphatic rings. The van der Waals surface area contributed by atoms with Crippen LogP contribution in [-0.2, 0) is 9.53 Å². The van der Waals surface area contributed by atoms with E-state index in [0.717, 1.165) is 12.3 Å². The number of nitrogens with zero attached hydrogens (tertiary/aromatic N) is 1. The van der Waals surface area contributed by atoms with Crippen molar-refractivity contribution in [2.24, 2.45) is 57.2 Å². The van der Waals surface area contributed by atoms with Gasteiger partial charge in [0.25, 0.3) is 0 Å². The number of carbonyl (C=O) groups is 2. The third kappa shape index (κ3) is 4.78. The summed E-state index contributed by atoms with van der Waals surface area (Å²) in [7, 11) is 5.21. The first kappa shape index (κ1) is 33.7. The molecule has 0 heterocycles. The minimum Gasteiger partial charge on any atom is -0.465 e. The second-order valence-electron chi connectivity index (χ2n) is 18.1. The van der Waals surface area contributed by atoms with Crippen molar-refractivity contribution in [1.29, 1.82) is 0 Å². The van der Waals surface area contributed by atoms with Gasteiger partial charge in [-0.15, -0.1) is 0 Å². The molecular weight excluding hydrogens is 568 g/mol. The van der Waals surface area contributed by atoms with E-state index in [9.17, 15) is 9.59 Å². The van der Waals surface area contributed by atoms with Crippen LogP contribution in [0.1, 0.15) is 122 Å². The number of benzene rings is 1. The number of ether oxygens (including phenoxy) is 1. The average Bonchev–Trinajstić information content (AvgIpc) is 3.40. The molecule has 9 atom stereocenters. The van der Waals surface area contributed by atoms with Gasteiger partial charge in [0.15, 0.2) is 0 Å². The molecule has 4 fully saturated rings. The van der Waals surface area contributed by atoms with E-state index in [1.165, 1.54) is 69.6 Å². The summed E-state index contributed by atoms with van der Waals surface area (Å²) in [5.41, 5.74) is 4.33. The van der Waals surface area contributed by atoms with Crippen molar-refractivity contribution in [3.05, 3.63) is 41.5 Å². The van der Waals surface area contributed by atoms with E-state index in [0.29, 0.717) is 52.5 Å². The van der Waals surface area contributed by atoms with E-state index in [-0.39, 0.29) is 28.2 Å². The first-order valence-electron chi connectivity index (χ1n) is 18.4.